The third-order valence-electron chi connectivity index (χ3n) is 4.37. The van der Waals surface area contributed by atoms with Gasteiger partial charge >= 0.3 is 0 Å². The van der Waals surface area contributed by atoms with Gasteiger partial charge in [-0.2, -0.15) is 0 Å². The maximum Gasteiger partial charge on any atom is 0.255 e. The van der Waals surface area contributed by atoms with Crippen LogP contribution in [0.4, 0.5) is 0 Å². The molecule has 1 aliphatic carbocycles. The van der Waals surface area contributed by atoms with Crippen molar-refractivity contribution >= 4 is 17.5 Å². The predicted molar refractivity (Wildman–Crippen MR) is 91.2 cm³/mol. The molecule has 0 unspecified atom stereocenters. The summed E-state index contributed by atoms with van der Waals surface area (Å²) in [7, 11) is 1.87. The van der Waals surface area contributed by atoms with E-state index < -0.39 is 0 Å². The van der Waals surface area contributed by atoms with Crippen molar-refractivity contribution in [2.75, 3.05) is 0 Å². The minimum absolute atomic E-state index is 0.180. The van der Waals surface area contributed by atoms with E-state index in [9.17, 15) is 4.79 Å². The van der Waals surface area contributed by atoms with E-state index >= 15 is 0 Å². The highest BCUT2D eigenvalue weighted by Crippen LogP contribution is 2.28. The molecular weight excluding hydrogens is 328 g/mol. The van der Waals surface area contributed by atoms with Gasteiger partial charge in [-0.05, 0) is 50.8 Å². The Morgan fingerprint density at radius 2 is 2.12 bits per heavy atom. The van der Waals surface area contributed by atoms with Crippen molar-refractivity contribution in [2.45, 2.75) is 45.3 Å². The topological polar surface area (TPSA) is 69.0 Å². The molecule has 1 aromatic heterocycles. The van der Waals surface area contributed by atoms with Gasteiger partial charge in [0.2, 0.25) is 0 Å². The number of halogens is 1. The van der Waals surface area contributed by atoms with Gasteiger partial charge in [0.1, 0.15) is 11.6 Å². The SMILES string of the molecule is Cc1nnc(CNC(=O)c2cc(Cl)ccc2OC2CCCC2)n1C. The van der Waals surface area contributed by atoms with Crippen molar-refractivity contribution in [3.05, 3.63) is 40.4 Å². The maximum atomic E-state index is 12.6. The molecule has 0 radical (unpaired) electrons. The largest absolute Gasteiger partial charge is 0.490 e. The van der Waals surface area contributed by atoms with Gasteiger partial charge in [0.05, 0.1) is 18.2 Å². The second-order valence-corrected chi connectivity index (χ2v) is 6.51. The zero-order chi connectivity index (χ0) is 17.1. The Morgan fingerprint density at radius 3 is 2.79 bits per heavy atom. The highest BCUT2D eigenvalue weighted by molar-refractivity contribution is 6.31. The predicted octanol–water partition coefficient (Wildman–Crippen LogP) is 3.03. The third-order valence-corrected chi connectivity index (χ3v) is 4.61. The van der Waals surface area contributed by atoms with Crippen LogP contribution in [0.1, 0.15) is 47.7 Å². The monoisotopic (exact) mass is 348 g/mol. The average molecular weight is 349 g/mol. The number of hydrogen-bond acceptors (Lipinski definition) is 4. The fraction of sp³-hybridized carbons (Fsp3) is 0.471. The number of aryl methyl sites for hydroxylation is 1. The first kappa shape index (κ1) is 16.8. The number of benzene rings is 1. The van der Waals surface area contributed by atoms with E-state index in [4.69, 9.17) is 16.3 Å². The Morgan fingerprint density at radius 1 is 1.38 bits per heavy atom. The molecule has 1 N–H and O–H groups in total. The number of ether oxygens (including phenoxy) is 1. The van der Waals surface area contributed by atoms with Crippen molar-refractivity contribution < 1.29 is 9.53 Å². The first-order valence-electron chi connectivity index (χ1n) is 8.14. The molecule has 0 saturated heterocycles. The quantitative estimate of drug-likeness (QED) is 0.901. The molecule has 1 aliphatic rings. The Kier molecular flexibility index (Phi) is 5.04. The molecule has 0 atom stereocenters. The van der Waals surface area contributed by atoms with Crippen LogP contribution in [0.3, 0.4) is 0 Å². The Hall–Kier alpha value is -2.08. The summed E-state index contributed by atoms with van der Waals surface area (Å²) in [6.45, 7) is 2.16. The van der Waals surface area contributed by atoms with E-state index in [0.717, 1.165) is 18.7 Å². The van der Waals surface area contributed by atoms with E-state index in [1.165, 1.54) is 12.8 Å². The lowest BCUT2D eigenvalue weighted by atomic mass is 10.1. The summed E-state index contributed by atoms with van der Waals surface area (Å²) < 4.78 is 7.85. The minimum Gasteiger partial charge on any atom is -0.490 e. The summed E-state index contributed by atoms with van der Waals surface area (Å²) in [5.41, 5.74) is 0.452. The average Bonchev–Trinajstić information content (AvgIpc) is 3.18. The van der Waals surface area contributed by atoms with Crippen LogP contribution in [-0.2, 0) is 13.6 Å². The summed E-state index contributed by atoms with van der Waals surface area (Å²) in [4.78, 5) is 12.6. The smallest absolute Gasteiger partial charge is 0.255 e. The van der Waals surface area contributed by atoms with Crippen LogP contribution in [0, 0.1) is 6.92 Å². The highest BCUT2D eigenvalue weighted by atomic mass is 35.5. The lowest BCUT2D eigenvalue weighted by Crippen LogP contribution is -2.25. The van der Waals surface area contributed by atoms with Gasteiger partial charge in [0.15, 0.2) is 5.82 Å². The molecule has 128 valence electrons. The number of aromatic nitrogens is 3. The molecule has 1 amide bonds. The number of amides is 1. The van der Waals surface area contributed by atoms with Gasteiger partial charge in [-0.3, -0.25) is 4.79 Å². The summed E-state index contributed by atoms with van der Waals surface area (Å²) in [6, 6.07) is 5.15. The van der Waals surface area contributed by atoms with Crippen LogP contribution < -0.4 is 10.1 Å². The molecule has 0 spiro atoms. The zero-order valence-corrected chi connectivity index (χ0v) is 14.6. The Bertz CT molecular complexity index is 738. The van der Waals surface area contributed by atoms with Crippen LogP contribution in [0.2, 0.25) is 5.02 Å². The molecule has 7 heteroatoms. The lowest BCUT2D eigenvalue weighted by Gasteiger charge is -2.16. The van der Waals surface area contributed by atoms with E-state index in [0.29, 0.717) is 28.7 Å². The second-order valence-electron chi connectivity index (χ2n) is 6.07. The van der Waals surface area contributed by atoms with Gasteiger partial charge in [-0.1, -0.05) is 11.6 Å². The molecule has 1 saturated carbocycles. The highest BCUT2D eigenvalue weighted by Gasteiger charge is 2.20. The van der Waals surface area contributed by atoms with Crippen molar-refractivity contribution in [3.8, 4) is 5.75 Å². The van der Waals surface area contributed by atoms with Crippen LogP contribution >= 0.6 is 11.6 Å². The molecule has 1 heterocycles. The fourth-order valence-electron chi connectivity index (χ4n) is 2.83. The number of hydrogen-bond donors (Lipinski definition) is 1. The third kappa shape index (κ3) is 3.70. The zero-order valence-electron chi connectivity index (χ0n) is 13.9. The van der Waals surface area contributed by atoms with Gasteiger partial charge in [-0.15, -0.1) is 10.2 Å². The number of carbonyl (C=O) groups excluding carboxylic acids is 1. The van der Waals surface area contributed by atoms with Crippen LogP contribution in [0.25, 0.3) is 0 Å². The summed E-state index contributed by atoms with van der Waals surface area (Å²) >= 11 is 6.06. The number of carbonyl (C=O) groups is 1. The molecular formula is C17H21ClN4O2. The summed E-state index contributed by atoms with van der Waals surface area (Å²) in [5.74, 6) is 1.84. The minimum atomic E-state index is -0.230. The number of nitrogens with one attached hydrogen (secondary N) is 1. The molecule has 0 bridgehead atoms. The Labute approximate surface area is 146 Å². The lowest BCUT2D eigenvalue weighted by molar-refractivity contribution is 0.0942. The summed E-state index contributed by atoms with van der Waals surface area (Å²) in [6.07, 6.45) is 4.58. The molecule has 6 nitrogen and oxygen atoms in total. The van der Waals surface area contributed by atoms with Crippen molar-refractivity contribution in [3.63, 3.8) is 0 Å². The van der Waals surface area contributed by atoms with E-state index in [1.807, 2.05) is 18.5 Å². The normalized spacial score (nSPS) is 14.8. The van der Waals surface area contributed by atoms with Gasteiger partial charge < -0.3 is 14.6 Å². The van der Waals surface area contributed by atoms with Crippen LogP contribution in [0.5, 0.6) is 5.75 Å². The second kappa shape index (κ2) is 7.21. The van der Waals surface area contributed by atoms with Crippen molar-refractivity contribution in [2.24, 2.45) is 7.05 Å². The van der Waals surface area contributed by atoms with Gasteiger partial charge in [0, 0.05) is 12.1 Å². The molecule has 3 rings (SSSR count). The molecule has 1 aromatic carbocycles. The maximum absolute atomic E-state index is 12.6. The molecule has 2 aromatic rings. The standard InChI is InChI=1S/C17H21ClN4O2/c1-11-20-21-16(22(11)2)10-19-17(23)14-9-12(18)7-8-15(14)24-13-5-3-4-6-13/h7-9,13H,3-6,10H2,1-2H3,(H,19,23). The molecule has 1 fully saturated rings. The number of nitrogens with zero attached hydrogens (tertiary/aromatic N) is 3. The Balaban J connectivity index is 1.73. The number of rotatable bonds is 5. The van der Waals surface area contributed by atoms with Gasteiger partial charge in [0.25, 0.3) is 5.91 Å². The molecule has 0 aliphatic heterocycles. The van der Waals surface area contributed by atoms with E-state index in [1.54, 1.807) is 18.2 Å². The van der Waals surface area contributed by atoms with E-state index in [2.05, 4.69) is 15.5 Å². The first-order chi connectivity index (χ1) is 11.5. The van der Waals surface area contributed by atoms with E-state index in [-0.39, 0.29) is 12.0 Å². The van der Waals surface area contributed by atoms with Crippen LogP contribution in [-0.4, -0.2) is 26.8 Å². The van der Waals surface area contributed by atoms with Crippen molar-refractivity contribution in [1.29, 1.82) is 0 Å². The summed E-state index contributed by atoms with van der Waals surface area (Å²) in [5, 5.41) is 11.4. The molecule has 24 heavy (non-hydrogen) atoms. The van der Waals surface area contributed by atoms with Gasteiger partial charge in [-0.25, -0.2) is 0 Å². The van der Waals surface area contributed by atoms with Crippen molar-refractivity contribution in [1.82, 2.24) is 20.1 Å². The van der Waals surface area contributed by atoms with Crippen LogP contribution in [0.15, 0.2) is 18.2 Å². The fourth-order valence-corrected chi connectivity index (χ4v) is 3.00. The first-order valence-corrected chi connectivity index (χ1v) is 8.51.